The van der Waals surface area contributed by atoms with Crippen molar-refractivity contribution in [3.05, 3.63) is 40.4 Å². The number of carbonyl (C=O) groups is 3. The number of ether oxygens (including phenoxy) is 1. The summed E-state index contributed by atoms with van der Waals surface area (Å²) in [6.45, 7) is 0.398. The maximum Gasteiger partial charge on any atom is 0.328 e. The fourth-order valence-electron chi connectivity index (χ4n) is 3.70. The largest absolute Gasteiger partial charge is 0.467 e. The second-order valence-electron chi connectivity index (χ2n) is 7.24. The van der Waals surface area contributed by atoms with Crippen molar-refractivity contribution < 1.29 is 29.3 Å². The number of aliphatic hydroxyl groups excluding tert-OH is 2. The Hall–Kier alpha value is -2.43. The molecular weight excluding hydrogens is 458 g/mol. The van der Waals surface area contributed by atoms with Crippen molar-refractivity contribution in [2.24, 2.45) is 0 Å². The third kappa shape index (κ3) is 4.82. The number of nitrogens with zero attached hydrogens (tertiary/aromatic N) is 1. The van der Waals surface area contributed by atoms with Gasteiger partial charge in [-0.3, -0.25) is 4.79 Å². The third-order valence-electron chi connectivity index (χ3n) is 5.25. The first-order valence-electron chi connectivity index (χ1n) is 9.59. The molecule has 0 radical (unpaired) electrons. The molecular formula is C20H24BrN3O6. The fourth-order valence-corrected chi connectivity index (χ4v) is 4.09. The van der Waals surface area contributed by atoms with E-state index in [4.69, 9.17) is 4.74 Å². The summed E-state index contributed by atoms with van der Waals surface area (Å²) in [7, 11) is 1.27. The lowest BCUT2D eigenvalue weighted by Crippen LogP contribution is -2.52. The summed E-state index contributed by atoms with van der Waals surface area (Å²) >= 11 is 3.33. The Balaban J connectivity index is 1.73. The first-order chi connectivity index (χ1) is 14.3. The summed E-state index contributed by atoms with van der Waals surface area (Å²) in [5, 5.41) is 25.8. The van der Waals surface area contributed by atoms with Crippen LogP contribution in [0.25, 0.3) is 0 Å². The van der Waals surface area contributed by atoms with Crippen LogP contribution in [0.1, 0.15) is 19.3 Å². The molecule has 3 rings (SSSR count). The van der Waals surface area contributed by atoms with Crippen molar-refractivity contribution in [3.63, 3.8) is 0 Å². The summed E-state index contributed by atoms with van der Waals surface area (Å²) in [5.74, 6) is -0.896. The zero-order chi connectivity index (χ0) is 21.8. The van der Waals surface area contributed by atoms with Gasteiger partial charge in [-0.15, -0.1) is 0 Å². The molecule has 1 aliphatic carbocycles. The number of likely N-dealkylation sites (tertiary alicyclic amines) is 1. The molecule has 1 fully saturated rings. The van der Waals surface area contributed by atoms with Crippen LogP contribution in [-0.2, 0) is 14.3 Å². The number of para-hydroxylation sites is 1. The van der Waals surface area contributed by atoms with E-state index in [9.17, 15) is 24.6 Å². The zero-order valence-corrected chi connectivity index (χ0v) is 18.0. The lowest BCUT2D eigenvalue weighted by Gasteiger charge is -2.33. The van der Waals surface area contributed by atoms with Gasteiger partial charge < -0.3 is 30.5 Å². The van der Waals surface area contributed by atoms with Crippen LogP contribution in [-0.4, -0.2) is 71.0 Å². The van der Waals surface area contributed by atoms with Crippen LogP contribution in [0, 0.1) is 0 Å². The molecule has 2 aliphatic rings. The smallest absolute Gasteiger partial charge is 0.328 e. The van der Waals surface area contributed by atoms with Crippen molar-refractivity contribution >= 4 is 39.5 Å². The minimum absolute atomic E-state index is 0.0750. The predicted octanol–water partition coefficient (Wildman–Crippen LogP) is 1.16. The van der Waals surface area contributed by atoms with Gasteiger partial charge in [0.05, 0.1) is 24.9 Å². The average Bonchev–Trinajstić information content (AvgIpc) is 3.21. The molecule has 1 heterocycles. The minimum Gasteiger partial charge on any atom is -0.467 e. The van der Waals surface area contributed by atoms with Gasteiger partial charge >= 0.3 is 12.0 Å². The molecule has 1 saturated heterocycles. The average molecular weight is 482 g/mol. The number of hydrogen-bond acceptors (Lipinski definition) is 6. The highest BCUT2D eigenvalue weighted by Gasteiger charge is 2.39. The molecule has 0 spiro atoms. The minimum atomic E-state index is -1.28. The topological polar surface area (TPSA) is 128 Å². The Morgan fingerprint density at radius 1 is 1.23 bits per heavy atom. The van der Waals surface area contributed by atoms with E-state index < -0.39 is 42.2 Å². The lowest BCUT2D eigenvalue weighted by atomic mass is 9.89. The molecule has 1 aliphatic heterocycles. The normalized spacial score (nSPS) is 26.0. The summed E-state index contributed by atoms with van der Waals surface area (Å²) < 4.78 is 5.45. The highest BCUT2D eigenvalue weighted by Crippen LogP contribution is 2.27. The third-order valence-corrected chi connectivity index (χ3v) is 5.94. The van der Waals surface area contributed by atoms with E-state index in [1.54, 1.807) is 24.3 Å². The van der Waals surface area contributed by atoms with Crippen LogP contribution in [0.5, 0.6) is 0 Å². The molecule has 0 unspecified atom stereocenters. The SMILES string of the molecule is COC(=O)[C@H]1CCCN1C(=O)C1=C[C@@H](NC(=O)Nc2ccccc2Br)[C@@H](O)[C@H](O)C1. The standard InChI is InChI=1S/C20H24BrN3O6/c1-30-19(28)15-7-4-8-24(15)18(27)11-9-14(17(26)16(25)10-11)23-20(29)22-13-6-3-2-5-12(13)21/h2-3,5-6,9,14-17,25-26H,4,7-8,10H2,1H3,(H2,22,23,29)/t14-,15-,16-,17-/m1/s1. The lowest BCUT2D eigenvalue weighted by molar-refractivity contribution is -0.150. The van der Waals surface area contributed by atoms with Crippen molar-refractivity contribution in [3.8, 4) is 0 Å². The first kappa shape index (κ1) is 22.3. The van der Waals surface area contributed by atoms with Crippen LogP contribution < -0.4 is 10.6 Å². The van der Waals surface area contributed by atoms with Crippen LogP contribution in [0.3, 0.4) is 0 Å². The van der Waals surface area contributed by atoms with Crippen LogP contribution in [0.15, 0.2) is 40.4 Å². The predicted molar refractivity (Wildman–Crippen MR) is 112 cm³/mol. The maximum absolute atomic E-state index is 13.0. The number of hydrogen-bond donors (Lipinski definition) is 4. The Morgan fingerprint density at radius 2 is 1.97 bits per heavy atom. The van der Waals surface area contributed by atoms with Crippen LogP contribution in [0.4, 0.5) is 10.5 Å². The number of nitrogens with one attached hydrogen (secondary N) is 2. The number of aliphatic hydroxyl groups is 2. The number of anilines is 1. The van der Waals surface area contributed by atoms with Gasteiger partial charge in [0.1, 0.15) is 12.1 Å². The van der Waals surface area contributed by atoms with Crippen molar-refractivity contribution in [1.29, 1.82) is 0 Å². The number of amides is 3. The summed E-state index contributed by atoms with van der Waals surface area (Å²) in [5.41, 5.74) is 0.758. The van der Waals surface area contributed by atoms with Crippen LogP contribution in [0.2, 0.25) is 0 Å². The number of carbonyl (C=O) groups excluding carboxylic acids is 3. The van der Waals surface area contributed by atoms with Gasteiger partial charge in [0.2, 0.25) is 5.91 Å². The molecule has 4 N–H and O–H groups in total. The number of methoxy groups -OCH3 is 1. The van der Waals surface area contributed by atoms with E-state index in [0.29, 0.717) is 29.5 Å². The number of urea groups is 1. The van der Waals surface area contributed by atoms with Gasteiger partial charge in [0.25, 0.3) is 0 Å². The number of rotatable bonds is 4. The van der Waals surface area contributed by atoms with Crippen molar-refractivity contribution in [2.75, 3.05) is 19.0 Å². The second kappa shape index (κ2) is 9.59. The van der Waals surface area contributed by atoms with Gasteiger partial charge in [-0.05, 0) is 40.9 Å². The summed E-state index contributed by atoms with van der Waals surface area (Å²) in [6.07, 6.45) is 0.0243. The highest BCUT2D eigenvalue weighted by molar-refractivity contribution is 9.10. The van der Waals surface area contributed by atoms with E-state index in [0.717, 1.165) is 0 Å². The van der Waals surface area contributed by atoms with E-state index in [2.05, 4.69) is 26.6 Å². The molecule has 3 amide bonds. The Labute approximate surface area is 182 Å². The summed E-state index contributed by atoms with van der Waals surface area (Å²) in [4.78, 5) is 38.7. The van der Waals surface area contributed by atoms with E-state index in [1.807, 2.05) is 0 Å². The molecule has 4 atom stereocenters. The van der Waals surface area contributed by atoms with Crippen LogP contribution >= 0.6 is 15.9 Å². The van der Waals surface area contributed by atoms with Gasteiger partial charge in [0, 0.05) is 23.0 Å². The van der Waals surface area contributed by atoms with Gasteiger partial charge in [-0.1, -0.05) is 18.2 Å². The monoisotopic (exact) mass is 481 g/mol. The molecule has 1 aromatic carbocycles. The number of halogens is 1. The number of benzene rings is 1. The molecule has 1 aromatic rings. The zero-order valence-electron chi connectivity index (χ0n) is 16.4. The molecule has 10 heteroatoms. The molecule has 30 heavy (non-hydrogen) atoms. The van der Waals surface area contributed by atoms with Gasteiger partial charge in [-0.2, -0.15) is 0 Å². The molecule has 9 nitrogen and oxygen atoms in total. The Bertz CT molecular complexity index is 861. The van der Waals surface area contributed by atoms with Gasteiger partial charge in [0.15, 0.2) is 0 Å². The summed E-state index contributed by atoms with van der Waals surface area (Å²) in [6, 6.07) is 4.77. The molecule has 0 aromatic heterocycles. The Kier molecular flexibility index (Phi) is 7.11. The second-order valence-corrected chi connectivity index (χ2v) is 8.09. The van der Waals surface area contributed by atoms with E-state index in [1.165, 1.54) is 18.1 Å². The molecule has 0 bridgehead atoms. The highest BCUT2D eigenvalue weighted by atomic mass is 79.9. The maximum atomic E-state index is 13.0. The first-order valence-corrected chi connectivity index (χ1v) is 10.4. The molecule has 0 saturated carbocycles. The quantitative estimate of drug-likeness (QED) is 0.477. The van der Waals surface area contributed by atoms with Gasteiger partial charge in [-0.25, -0.2) is 9.59 Å². The van der Waals surface area contributed by atoms with E-state index in [-0.39, 0.29) is 12.0 Å². The molecule has 162 valence electrons. The van der Waals surface area contributed by atoms with E-state index >= 15 is 0 Å². The van der Waals surface area contributed by atoms with Crippen molar-refractivity contribution in [1.82, 2.24) is 10.2 Å². The number of esters is 1. The fraction of sp³-hybridized carbons (Fsp3) is 0.450. The Morgan fingerprint density at radius 3 is 2.67 bits per heavy atom. The van der Waals surface area contributed by atoms with Crippen molar-refractivity contribution in [2.45, 2.75) is 43.6 Å².